The highest BCUT2D eigenvalue weighted by Crippen LogP contribution is 2.13. The van der Waals surface area contributed by atoms with E-state index in [0.29, 0.717) is 19.3 Å². The van der Waals surface area contributed by atoms with Crippen LogP contribution in [0.5, 0.6) is 0 Å². The van der Waals surface area contributed by atoms with Gasteiger partial charge in [-0.25, -0.2) is 0 Å². The Hall–Kier alpha value is -4.45. The van der Waals surface area contributed by atoms with E-state index in [9.17, 15) is 14.4 Å². The molecule has 364 valence electrons. The Balaban J connectivity index is 4.54. The molecule has 0 aromatic heterocycles. The molecule has 1 unspecified atom stereocenters. The van der Waals surface area contributed by atoms with E-state index in [1.54, 1.807) is 0 Å². The molecule has 0 aliphatic carbocycles. The molecule has 0 saturated heterocycles. The van der Waals surface area contributed by atoms with E-state index >= 15 is 0 Å². The maximum atomic E-state index is 12.8. The second-order valence-electron chi connectivity index (χ2n) is 16.5. The Morgan fingerprint density at radius 2 is 0.662 bits per heavy atom. The number of unbranched alkanes of at least 4 members (excludes halogenated alkanes) is 18. The van der Waals surface area contributed by atoms with Crippen molar-refractivity contribution in [3.63, 3.8) is 0 Å². The van der Waals surface area contributed by atoms with Crippen molar-refractivity contribution >= 4 is 17.9 Å². The molecule has 0 aromatic carbocycles. The molecule has 0 amide bonds. The molecule has 0 fully saturated rings. The number of allylic oxidation sites excluding steroid dienone is 22. The van der Waals surface area contributed by atoms with Gasteiger partial charge in [-0.05, 0) is 89.9 Å². The average Bonchev–Trinajstić information content (AvgIpc) is 3.30. The summed E-state index contributed by atoms with van der Waals surface area (Å²) in [5.74, 6) is -0.995. The fourth-order valence-electron chi connectivity index (χ4n) is 6.50. The van der Waals surface area contributed by atoms with Gasteiger partial charge < -0.3 is 14.2 Å². The van der Waals surface area contributed by atoms with Gasteiger partial charge in [0.15, 0.2) is 6.10 Å². The second kappa shape index (κ2) is 52.2. The van der Waals surface area contributed by atoms with Gasteiger partial charge in [-0.15, -0.1) is 0 Å². The Morgan fingerprint density at radius 1 is 0.338 bits per heavy atom. The summed E-state index contributed by atoms with van der Waals surface area (Å²) >= 11 is 0. The summed E-state index contributed by atoms with van der Waals surface area (Å²) in [6.45, 7) is 6.25. The van der Waals surface area contributed by atoms with E-state index in [2.05, 4.69) is 81.5 Å². The topological polar surface area (TPSA) is 78.9 Å². The molecule has 0 aliphatic heterocycles. The number of rotatable bonds is 44. The number of hydrogen-bond acceptors (Lipinski definition) is 6. The SMILES string of the molecule is CC\C=C/C=C\C=C/C=C\C=C/CCCCCC(=O)OC(COC(=O)CCCCCCC\C=C/C=C\C=C/C=C\CC)COC(=O)CCCCCCCCC/C=C\C/C=C\CCCCC. The first-order valence-electron chi connectivity index (χ1n) is 25.8. The van der Waals surface area contributed by atoms with Crippen LogP contribution in [0, 0.1) is 0 Å². The van der Waals surface area contributed by atoms with Gasteiger partial charge in [0.2, 0.25) is 0 Å². The zero-order valence-electron chi connectivity index (χ0n) is 41.4. The molecular formula is C59H92O6. The van der Waals surface area contributed by atoms with E-state index in [1.165, 1.54) is 51.4 Å². The van der Waals surface area contributed by atoms with E-state index < -0.39 is 6.10 Å². The predicted octanol–water partition coefficient (Wildman–Crippen LogP) is 17.1. The predicted molar refractivity (Wildman–Crippen MR) is 279 cm³/mol. The Bertz CT molecular complexity index is 1450. The number of carbonyl (C=O) groups is 3. The number of esters is 3. The molecule has 6 heteroatoms. The summed E-state index contributed by atoms with van der Waals surface area (Å²) < 4.78 is 16.7. The molecule has 0 aromatic rings. The lowest BCUT2D eigenvalue weighted by molar-refractivity contribution is -0.167. The highest BCUT2D eigenvalue weighted by Gasteiger charge is 2.19. The third-order valence-electron chi connectivity index (χ3n) is 10.3. The van der Waals surface area contributed by atoms with Crippen molar-refractivity contribution in [2.45, 2.75) is 207 Å². The van der Waals surface area contributed by atoms with Crippen molar-refractivity contribution in [1.82, 2.24) is 0 Å². The van der Waals surface area contributed by atoms with Crippen LogP contribution in [0.4, 0.5) is 0 Å². The van der Waals surface area contributed by atoms with Crippen LogP contribution in [0.3, 0.4) is 0 Å². The molecule has 0 radical (unpaired) electrons. The van der Waals surface area contributed by atoms with Gasteiger partial charge >= 0.3 is 17.9 Å². The van der Waals surface area contributed by atoms with Gasteiger partial charge in [0, 0.05) is 19.3 Å². The van der Waals surface area contributed by atoms with Gasteiger partial charge in [0.25, 0.3) is 0 Å². The number of carbonyl (C=O) groups excluding carboxylic acids is 3. The zero-order chi connectivity index (χ0) is 47.2. The lowest BCUT2D eigenvalue weighted by atomic mass is 10.1. The third kappa shape index (κ3) is 50.4. The summed E-state index contributed by atoms with van der Waals surface area (Å²) in [4.78, 5) is 38.0. The number of hydrogen-bond donors (Lipinski definition) is 0. The van der Waals surface area contributed by atoms with Gasteiger partial charge in [-0.3, -0.25) is 14.4 Å². The maximum Gasteiger partial charge on any atom is 0.306 e. The van der Waals surface area contributed by atoms with Crippen LogP contribution in [0.15, 0.2) is 134 Å². The summed E-state index contributed by atoms with van der Waals surface area (Å²) in [5.41, 5.74) is 0. The van der Waals surface area contributed by atoms with E-state index in [0.717, 1.165) is 103 Å². The van der Waals surface area contributed by atoms with Gasteiger partial charge in [-0.1, -0.05) is 225 Å². The van der Waals surface area contributed by atoms with Crippen LogP contribution in [-0.4, -0.2) is 37.2 Å². The molecule has 1 atom stereocenters. The van der Waals surface area contributed by atoms with Crippen LogP contribution >= 0.6 is 0 Å². The van der Waals surface area contributed by atoms with Crippen molar-refractivity contribution in [2.75, 3.05) is 13.2 Å². The molecule has 0 bridgehead atoms. The largest absolute Gasteiger partial charge is 0.462 e. The quantitative estimate of drug-likeness (QED) is 0.0199. The summed E-state index contributed by atoms with van der Waals surface area (Å²) in [6.07, 6.45) is 72.8. The molecule has 0 heterocycles. The fraction of sp³-hybridized carbons (Fsp3) is 0.576. The summed E-state index contributed by atoms with van der Waals surface area (Å²) in [7, 11) is 0. The molecule has 0 aliphatic rings. The van der Waals surface area contributed by atoms with Crippen molar-refractivity contribution in [2.24, 2.45) is 0 Å². The van der Waals surface area contributed by atoms with E-state index in [1.807, 2.05) is 72.9 Å². The first kappa shape index (κ1) is 60.5. The molecule has 0 spiro atoms. The molecule has 6 nitrogen and oxygen atoms in total. The van der Waals surface area contributed by atoms with E-state index in [4.69, 9.17) is 14.2 Å². The van der Waals surface area contributed by atoms with Crippen LogP contribution in [0.25, 0.3) is 0 Å². The van der Waals surface area contributed by atoms with Crippen molar-refractivity contribution in [1.29, 1.82) is 0 Å². The molecule has 65 heavy (non-hydrogen) atoms. The molecule has 0 N–H and O–H groups in total. The second-order valence-corrected chi connectivity index (χ2v) is 16.5. The molecular weight excluding hydrogens is 805 g/mol. The normalized spacial score (nSPS) is 13.2. The van der Waals surface area contributed by atoms with Crippen molar-refractivity contribution < 1.29 is 28.6 Å². The Morgan fingerprint density at radius 3 is 1.08 bits per heavy atom. The van der Waals surface area contributed by atoms with E-state index in [-0.39, 0.29) is 37.5 Å². The van der Waals surface area contributed by atoms with Crippen molar-refractivity contribution in [3.8, 4) is 0 Å². The van der Waals surface area contributed by atoms with Gasteiger partial charge in [-0.2, -0.15) is 0 Å². The summed E-state index contributed by atoms with van der Waals surface area (Å²) in [6, 6.07) is 0. The standard InChI is InChI=1S/C59H92O6/c1-4-7-10-13-16-19-22-25-28-29-32-34-37-40-43-46-49-52-58(61)64-55-56(65-59(62)53-50-47-44-41-38-35-31-27-24-21-18-15-12-9-6-3)54-63-57(60)51-48-45-42-39-36-33-30-26-23-20-17-14-11-8-5-2/h8-9,11-12,14-21,23-28,30-31,35,38,56H,4-7,10,13,22,29,32-34,36-37,39-55H2,1-3H3/b11-8-,12-9-,17-14-,18-15-,19-16-,23-20-,24-21-,28-25-,30-26-,31-27-,38-35-. The lowest BCUT2D eigenvalue weighted by Gasteiger charge is -2.18. The van der Waals surface area contributed by atoms with Crippen molar-refractivity contribution in [3.05, 3.63) is 134 Å². The number of ether oxygens (including phenoxy) is 3. The Kier molecular flexibility index (Phi) is 48.6. The highest BCUT2D eigenvalue weighted by molar-refractivity contribution is 5.71. The monoisotopic (exact) mass is 897 g/mol. The lowest BCUT2D eigenvalue weighted by Crippen LogP contribution is -2.30. The van der Waals surface area contributed by atoms with Gasteiger partial charge in [0.1, 0.15) is 13.2 Å². The first-order valence-corrected chi connectivity index (χ1v) is 25.8. The van der Waals surface area contributed by atoms with Crippen LogP contribution in [-0.2, 0) is 28.6 Å². The fourth-order valence-corrected chi connectivity index (χ4v) is 6.50. The van der Waals surface area contributed by atoms with Crippen LogP contribution in [0.1, 0.15) is 201 Å². The maximum absolute atomic E-state index is 12.8. The molecule has 0 saturated carbocycles. The highest BCUT2D eigenvalue weighted by atomic mass is 16.6. The van der Waals surface area contributed by atoms with Crippen LogP contribution in [0.2, 0.25) is 0 Å². The zero-order valence-corrected chi connectivity index (χ0v) is 41.4. The summed E-state index contributed by atoms with van der Waals surface area (Å²) in [5, 5.41) is 0. The van der Waals surface area contributed by atoms with Crippen LogP contribution < -0.4 is 0 Å². The first-order chi connectivity index (χ1) is 32.0. The minimum atomic E-state index is -0.818. The molecule has 0 rings (SSSR count). The smallest absolute Gasteiger partial charge is 0.306 e. The Labute approximate surface area is 398 Å². The third-order valence-corrected chi connectivity index (χ3v) is 10.3. The minimum absolute atomic E-state index is 0.113. The van der Waals surface area contributed by atoms with Gasteiger partial charge in [0.05, 0.1) is 0 Å². The minimum Gasteiger partial charge on any atom is -0.462 e. The average molecular weight is 897 g/mol.